The summed E-state index contributed by atoms with van der Waals surface area (Å²) in [5.41, 5.74) is 2.28. The van der Waals surface area contributed by atoms with Gasteiger partial charge in [-0.25, -0.2) is 9.67 Å². The third-order valence-electron chi connectivity index (χ3n) is 3.40. The Kier molecular flexibility index (Phi) is 4.00. The fourth-order valence-electron chi connectivity index (χ4n) is 2.27. The number of nitrogens with zero attached hydrogens (tertiary/aromatic N) is 3. The molecule has 1 unspecified atom stereocenters. The maximum atomic E-state index is 5.47. The van der Waals surface area contributed by atoms with Gasteiger partial charge in [-0.05, 0) is 36.2 Å². The van der Waals surface area contributed by atoms with Crippen molar-refractivity contribution in [1.29, 1.82) is 0 Å². The van der Waals surface area contributed by atoms with Crippen molar-refractivity contribution in [3.63, 3.8) is 0 Å². The van der Waals surface area contributed by atoms with Crippen molar-refractivity contribution in [3.05, 3.63) is 66.6 Å². The third kappa shape index (κ3) is 3.31. The molecule has 0 radical (unpaired) electrons. The first-order valence-corrected chi connectivity index (χ1v) is 7.06. The molecule has 1 N–H and O–H groups in total. The number of nitrogens with one attached hydrogen (secondary N) is 1. The van der Waals surface area contributed by atoms with Gasteiger partial charge in [0.1, 0.15) is 18.4 Å². The molecule has 0 aliphatic carbocycles. The topological polar surface area (TPSA) is 55.9 Å². The maximum Gasteiger partial charge on any atom is 0.137 e. The minimum absolute atomic E-state index is 0.196. The Labute approximate surface area is 123 Å². The molecule has 0 saturated heterocycles. The molecule has 0 saturated carbocycles. The molecule has 21 heavy (non-hydrogen) atoms. The van der Waals surface area contributed by atoms with Crippen LogP contribution >= 0.6 is 0 Å². The smallest absolute Gasteiger partial charge is 0.137 e. The van der Waals surface area contributed by atoms with Crippen LogP contribution in [0, 0.1) is 0 Å². The normalized spacial score (nSPS) is 12.2. The van der Waals surface area contributed by atoms with E-state index in [4.69, 9.17) is 4.42 Å². The van der Waals surface area contributed by atoms with E-state index >= 15 is 0 Å². The van der Waals surface area contributed by atoms with Crippen LogP contribution in [-0.4, -0.2) is 14.8 Å². The zero-order valence-corrected chi connectivity index (χ0v) is 11.9. The number of aromatic nitrogens is 3. The summed E-state index contributed by atoms with van der Waals surface area (Å²) in [6, 6.07) is 12.5. The van der Waals surface area contributed by atoms with Crippen molar-refractivity contribution in [2.75, 3.05) is 5.32 Å². The Hall–Kier alpha value is -2.56. The lowest BCUT2D eigenvalue weighted by Gasteiger charge is -2.16. The van der Waals surface area contributed by atoms with Crippen molar-refractivity contribution >= 4 is 5.69 Å². The minimum Gasteiger partial charge on any atom is -0.467 e. The highest BCUT2D eigenvalue weighted by molar-refractivity contribution is 5.46. The van der Waals surface area contributed by atoms with E-state index in [1.165, 1.54) is 5.56 Å². The number of benzene rings is 1. The Morgan fingerprint density at radius 2 is 2.10 bits per heavy atom. The number of hydrogen-bond acceptors (Lipinski definition) is 4. The van der Waals surface area contributed by atoms with E-state index in [2.05, 4.69) is 46.6 Å². The van der Waals surface area contributed by atoms with E-state index in [1.54, 1.807) is 23.6 Å². The second kappa shape index (κ2) is 6.26. The molecule has 2 aromatic heterocycles. The van der Waals surface area contributed by atoms with Crippen molar-refractivity contribution in [1.82, 2.24) is 14.8 Å². The molecule has 0 aliphatic rings. The largest absolute Gasteiger partial charge is 0.467 e. The molecule has 1 atom stereocenters. The Bertz CT molecular complexity index is 644. The first kappa shape index (κ1) is 13.4. The maximum absolute atomic E-state index is 5.47. The van der Waals surface area contributed by atoms with E-state index in [1.807, 2.05) is 12.1 Å². The summed E-state index contributed by atoms with van der Waals surface area (Å²) in [4.78, 5) is 3.94. The van der Waals surface area contributed by atoms with Crippen molar-refractivity contribution in [3.8, 4) is 0 Å². The van der Waals surface area contributed by atoms with Crippen LogP contribution in [0.5, 0.6) is 0 Å². The van der Waals surface area contributed by atoms with Gasteiger partial charge in [0, 0.05) is 5.69 Å². The minimum atomic E-state index is 0.196. The van der Waals surface area contributed by atoms with Gasteiger partial charge in [-0.2, -0.15) is 5.10 Å². The monoisotopic (exact) mass is 282 g/mol. The molecular formula is C16H18N4O. The average molecular weight is 282 g/mol. The fourth-order valence-corrected chi connectivity index (χ4v) is 2.27. The summed E-state index contributed by atoms with van der Waals surface area (Å²) in [6.07, 6.45) is 5.94. The van der Waals surface area contributed by atoms with Crippen LogP contribution in [0.3, 0.4) is 0 Å². The van der Waals surface area contributed by atoms with Crippen LogP contribution in [0.15, 0.2) is 59.7 Å². The van der Waals surface area contributed by atoms with E-state index in [0.717, 1.165) is 24.4 Å². The quantitative estimate of drug-likeness (QED) is 0.752. The Balaban J connectivity index is 1.66. The highest BCUT2D eigenvalue weighted by Crippen LogP contribution is 2.23. The molecule has 108 valence electrons. The lowest BCUT2D eigenvalue weighted by molar-refractivity contribution is 0.474. The SMILES string of the molecule is CCC(Nc1ccc(Cn2cncn2)cc1)c1ccco1. The molecule has 0 spiro atoms. The zero-order chi connectivity index (χ0) is 14.5. The molecule has 3 rings (SSSR count). The molecule has 3 aromatic rings. The van der Waals surface area contributed by atoms with Gasteiger partial charge in [-0.15, -0.1) is 0 Å². The summed E-state index contributed by atoms with van der Waals surface area (Å²) in [5, 5.41) is 7.60. The summed E-state index contributed by atoms with van der Waals surface area (Å²) < 4.78 is 7.28. The van der Waals surface area contributed by atoms with Crippen LogP contribution in [0.4, 0.5) is 5.69 Å². The van der Waals surface area contributed by atoms with E-state index in [-0.39, 0.29) is 6.04 Å². The highest BCUT2D eigenvalue weighted by atomic mass is 16.3. The fraction of sp³-hybridized carbons (Fsp3) is 0.250. The lowest BCUT2D eigenvalue weighted by atomic mass is 10.1. The van der Waals surface area contributed by atoms with E-state index in [0.29, 0.717) is 0 Å². The van der Waals surface area contributed by atoms with Gasteiger partial charge in [0.25, 0.3) is 0 Å². The molecule has 0 aliphatic heterocycles. The van der Waals surface area contributed by atoms with Gasteiger partial charge >= 0.3 is 0 Å². The number of furan rings is 1. The highest BCUT2D eigenvalue weighted by Gasteiger charge is 2.11. The number of hydrogen-bond donors (Lipinski definition) is 1. The summed E-state index contributed by atoms with van der Waals surface area (Å²) in [7, 11) is 0. The van der Waals surface area contributed by atoms with Gasteiger partial charge in [0.15, 0.2) is 0 Å². The van der Waals surface area contributed by atoms with E-state index < -0.39 is 0 Å². The van der Waals surface area contributed by atoms with Crippen LogP contribution in [-0.2, 0) is 6.54 Å². The van der Waals surface area contributed by atoms with Crippen LogP contribution < -0.4 is 5.32 Å². The molecule has 0 fully saturated rings. The Morgan fingerprint density at radius 3 is 2.71 bits per heavy atom. The second-order valence-electron chi connectivity index (χ2n) is 4.91. The molecule has 2 heterocycles. The van der Waals surface area contributed by atoms with Crippen LogP contribution in [0.2, 0.25) is 0 Å². The molecule has 1 aromatic carbocycles. The van der Waals surface area contributed by atoms with Crippen LogP contribution in [0.1, 0.15) is 30.7 Å². The van der Waals surface area contributed by atoms with Gasteiger partial charge in [0.05, 0.1) is 18.8 Å². The number of rotatable bonds is 6. The second-order valence-corrected chi connectivity index (χ2v) is 4.91. The molecule has 5 heteroatoms. The summed E-state index contributed by atoms with van der Waals surface area (Å²) >= 11 is 0. The Morgan fingerprint density at radius 1 is 1.24 bits per heavy atom. The number of anilines is 1. The van der Waals surface area contributed by atoms with Gasteiger partial charge in [-0.1, -0.05) is 19.1 Å². The third-order valence-corrected chi connectivity index (χ3v) is 3.40. The van der Waals surface area contributed by atoms with Crippen molar-refractivity contribution in [2.45, 2.75) is 25.9 Å². The first-order valence-electron chi connectivity index (χ1n) is 7.06. The lowest BCUT2D eigenvalue weighted by Crippen LogP contribution is -2.08. The summed E-state index contributed by atoms with van der Waals surface area (Å²) in [5.74, 6) is 0.962. The predicted octanol–water partition coefficient (Wildman–Crippen LogP) is 3.48. The first-order chi connectivity index (χ1) is 10.3. The van der Waals surface area contributed by atoms with Crippen LogP contribution in [0.25, 0.3) is 0 Å². The van der Waals surface area contributed by atoms with Gasteiger partial charge in [-0.3, -0.25) is 0 Å². The predicted molar refractivity (Wildman–Crippen MR) is 80.9 cm³/mol. The molecule has 0 bridgehead atoms. The van der Waals surface area contributed by atoms with Gasteiger partial charge in [0.2, 0.25) is 0 Å². The van der Waals surface area contributed by atoms with Gasteiger partial charge < -0.3 is 9.73 Å². The van der Waals surface area contributed by atoms with Crippen molar-refractivity contribution < 1.29 is 4.42 Å². The molecular weight excluding hydrogens is 264 g/mol. The van der Waals surface area contributed by atoms with E-state index in [9.17, 15) is 0 Å². The van der Waals surface area contributed by atoms with Crippen molar-refractivity contribution in [2.24, 2.45) is 0 Å². The zero-order valence-electron chi connectivity index (χ0n) is 11.9. The molecule has 0 amide bonds. The standard InChI is InChI=1S/C16H18N4O/c1-2-15(16-4-3-9-21-16)19-14-7-5-13(6-8-14)10-20-12-17-11-18-20/h3-9,11-12,15,19H,2,10H2,1H3. The summed E-state index contributed by atoms with van der Waals surface area (Å²) in [6.45, 7) is 2.87. The average Bonchev–Trinajstić information content (AvgIpc) is 3.20. The molecule has 5 nitrogen and oxygen atoms in total.